The molecule has 0 atom stereocenters. The summed E-state index contributed by atoms with van der Waals surface area (Å²) in [7, 11) is 0. The predicted molar refractivity (Wildman–Crippen MR) is 85.4 cm³/mol. The minimum Gasteiger partial charge on any atom is -0.389 e. The minimum absolute atomic E-state index is 0.464. The van der Waals surface area contributed by atoms with Crippen molar-refractivity contribution >= 4 is 39.9 Å². The van der Waals surface area contributed by atoms with Crippen LogP contribution in [0.3, 0.4) is 0 Å². The molecule has 0 spiro atoms. The molecule has 0 aliphatic heterocycles. The van der Waals surface area contributed by atoms with Gasteiger partial charge in [0.25, 0.3) is 0 Å². The van der Waals surface area contributed by atoms with Crippen molar-refractivity contribution in [2.75, 3.05) is 11.5 Å². The van der Waals surface area contributed by atoms with E-state index in [0.29, 0.717) is 4.99 Å². The SMILES string of the molecule is CCSCCCn1ccc2ccc(C(N)=S)cc21. The lowest BCUT2D eigenvalue weighted by molar-refractivity contribution is 0.709. The van der Waals surface area contributed by atoms with Crippen LogP contribution < -0.4 is 5.73 Å². The molecule has 0 aliphatic rings. The maximum atomic E-state index is 5.68. The molecule has 0 saturated heterocycles. The number of fused-ring (bicyclic) bond motifs is 1. The van der Waals surface area contributed by atoms with E-state index in [2.05, 4.69) is 35.9 Å². The maximum absolute atomic E-state index is 5.68. The van der Waals surface area contributed by atoms with E-state index in [4.69, 9.17) is 18.0 Å². The van der Waals surface area contributed by atoms with Crippen LogP contribution in [-0.2, 0) is 6.54 Å². The monoisotopic (exact) mass is 278 g/mol. The Morgan fingerprint density at radius 3 is 2.94 bits per heavy atom. The summed E-state index contributed by atoms with van der Waals surface area (Å²) in [4.78, 5) is 0.464. The zero-order chi connectivity index (χ0) is 13.0. The number of benzene rings is 1. The first kappa shape index (κ1) is 13.4. The van der Waals surface area contributed by atoms with Gasteiger partial charge in [0.2, 0.25) is 0 Å². The van der Waals surface area contributed by atoms with Gasteiger partial charge in [-0.25, -0.2) is 0 Å². The van der Waals surface area contributed by atoms with Gasteiger partial charge in [0.1, 0.15) is 4.99 Å². The van der Waals surface area contributed by atoms with Gasteiger partial charge in [-0.1, -0.05) is 31.3 Å². The van der Waals surface area contributed by atoms with Crippen LogP contribution in [0.1, 0.15) is 18.9 Å². The van der Waals surface area contributed by atoms with Crippen molar-refractivity contribution in [1.29, 1.82) is 0 Å². The molecule has 2 nitrogen and oxygen atoms in total. The zero-order valence-electron chi connectivity index (χ0n) is 10.6. The summed E-state index contributed by atoms with van der Waals surface area (Å²) in [6.07, 6.45) is 3.34. The van der Waals surface area contributed by atoms with E-state index >= 15 is 0 Å². The normalized spacial score (nSPS) is 10.9. The van der Waals surface area contributed by atoms with Crippen molar-refractivity contribution in [3.63, 3.8) is 0 Å². The highest BCUT2D eigenvalue weighted by molar-refractivity contribution is 7.99. The van der Waals surface area contributed by atoms with Crippen molar-refractivity contribution in [3.05, 3.63) is 36.0 Å². The van der Waals surface area contributed by atoms with Crippen LogP contribution in [-0.4, -0.2) is 21.1 Å². The molecule has 2 rings (SSSR count). The van der Waals surface area contributed by atoms with E-state index in [1.165, 1.54) is 28.8 Å². The summed E-state index contributed by atoms with van der Waals surface area (Å²) in [6, 6.07) is 8.30. The molecule has 0 radical (unpaired) electrons. The van der Waals surface area contributed by atoms with E-state index in [-0.39, 0.29) is 0 Å². The number of aryl methyl sites for hydroxylation is 1. The summed E-state index contributed by atoms with van der Waals surface area (Å²) in [5.74, 6) is 2.41. The fourth-order valence-electron chi connectivity index (χ4n) is 2.01. The Morgan fingerprint density at radius 1 is 1.39 bits per heavy atom. The highest BCUT2D eigenvalue weighted by Gasteiger charge is 2.03. The Labute approximate surface area is 118 Å². The highest BCUT2D eigenvalue weighted by Crippen LogP contribution is 2.18. The summed E-state index contributed by atoms with van der Waals surface area (Å²) >= 11 is 7.02. The fraction of sp³-hybridized carbons (Fsp3) is 0.357. The highest BCUT2D eigenvalue weighted by atomic mass is 32.2. The van der Waals surface area contributed by atoms with E-state index in [1.54, 1.807) is 0 Å². The van der Waals surface area contributed by atoms with Crippen LogP contribution in [0.15, 0.2) is 30.5 Å². The summed E-state index contributed by atoms with van der Waals surface area (Å²) in [5.41, 5.74) is 7.85. The minimum atomic E-state index is 0.464. The second-order valence-electron chi connectivity index (χ2n) is 4.20. The van der Waals surface area contributed by atoms with Crippen LogP contribution in [0.25, 0.3) is 10.9 Å². The molecule has 0 unspecified atom stereocenters. The Balaban J connectivity index is 2.17. The molecule has 1 heterocycles. The standard InChI is InChI=1S/C14H18N2S2/c1-2-18-9-3-7-16-8-6-11-4-5-12(14(15)17)10-13(11)16/h4-6,8,10H,2-3,7,9H2,1H3,(H2,15,17). The molecule has 1 aromatic carbocycles. The predicted octanol–water partition coefficient (Wildman–Crippen LogP) is 3.42. The summed E-state index contributed by atoms with van der Waals surface area (Å²) in [5, 5.41) is 1.25. The van der Waals surface area contributed by atoms with Crippen molar-refractivity contribution in [2.45, 2.75) is 19.9 Å². The number of hydrogen-bond acceptors (Lipinski definition) is 2. The van der Waals surface area contributed by atoms with Crippen LogP contribution in [0, 0.1) is 0 Å². The Hall–Kier alpha value is -1.00. The van der Waals surface area contributed by atoms with Gasteiger partial charge in [-0.15, -0.1) is 0 Å². The van der Waals surface area contributed by atoms with Crippen molar-refractivity contribution in [1.82, 2.24) is 4.57 Å². The molecule has 0 amide bonds. The maximum Gasteiger partial charge on any atom is 0.104 e. The number of nitrogens with zero attached hydrogens (tertiary/aromatic N) is 1. The van der Waals surface area contributed by atoms with Gasteiger partial charge < -0.3 is 10.3 Å². The average molecular weight is 278 g/mol. The average Bonchev–Trinajstić information content (AvgIpc) is 2.77. The zero-order valence-corrected chi connectivity index (χ0v) is 12.2. The van der Waals surface area contributed by atoms with Gasteiger partial charge in [-0.2, -0.15) is 11.8 Å². The van der Waals surface area contributed by atoms with Gasteiger partial charge >= 0.3 is 0 Å². The smallest absolute Gasteiger partial charge is 0.104 e. The molecule has 0 saturated carbocycles. The topological polar surface area (TPSA) is 30.9 Å². The molecule has 2 N–H and O–H groups in total. The van der Waals surface area contributed by atoms with E-state index in [1.807, 2.05) is 17.8 Å². The van der Waals surface area contributed by atoms with Crippen LogP contribution in [0.2, 0.25) is 0 Å². The molecule has 2 aromatic rings. The van der Waals surface area contributed by atoms with E-state index < -0.39 is 0 Å². The molecular weight excluding hydrogens is 260 g/mol. The quantitative estimate of drug-likeness (QED) is 0.649. The van der Waals surface area contributed by atoms with Crippen LogP contribution in [0.4, 0.5) is 0 Å². The number of aromatic nitrogens is 1. The third kappa shape index (κ3) is 3.06. The molecule has 1 aromatic heterocycles. The first-order valence-electron chi connectivity index (χ1n) is 6.19. The molecule has 0 fully saturated rings. The van der Waals surface area contributed by atoms with E-state index in [0.717, 1.165) is 12.1 Å². The van der Waals surface area contributed by atoms with Crippen molar-refractivity contribution in [2.24, 2.45) is 5.73 Å². The molecule has 0 bridgehead atoms. The molecule has 18 heavy (non-hydrogen) atoms. The van der Waals surface area contributed by atoms with Gasteiger partial charge in [-0.3, -0.25) is 0 Å². The third-order valence-corrected chi connectivity index (χ3v) is 4.17. The number of nitrogens with two attached hydrogens (primary N) is 1. The van der Waals surface area contributed by atoms with Gasteiger partial charge in [0.05, 0.1) is 0 Å². The second kappa shape index (κ2) is 6.25. The van der Waals surface area contributed by atoms with E-state index in [9.17, 15) is 0 Å². The van der Waals surface area contributed by atoms with Crippen LogP contribution in [0.5, 0.6) is 0 Å². The first-order valence-corrected chi connectivity index (χ1v) is 7.75. The van der Waals surface area contributed by atoms with Gasteiger partial charge in [-0.05, 0) is 35.4 Å². The Morgan fingerprint density at radius 2 is 2.22 bits per heavy atom. The Kier molecular flexibility index (Phi) is 4.66. The lowest BCUT2D eigenvalue weighted by Gasteiger charge is -2.06. The molecular formula is C14H18N2S2. The first-order chi connectivity index (χ1) is 8.72. The fourth-order valence-corrected chi connectivity index (χ4v) is 2.76. The summed E-state index contributed by atoms with van der Waals surface area (Å²) in [6.45, 7) is 3.25. The lowest BCUT2D eigenvalue weighted by atomic mass is 10.1. The van der Waals surface area contributed by atoms with Crippen molar-refractivity contribution in [3.8, 4) is 0 Å². The largest absolute Gasteiger partial charge is 0.389 e. The van der Waals surface area contributed by atoms with Gasteiger partial charge in [0.15, 0.2) is 0 Å². The molecule has 0 aliphatic carbocycles. The summed E-state index contributed by atoms with van der Waals surface area (Å²) < 4.78 is 2.29. The lowest BCUT2D eigenvalue weighted by Crippen LogP contribution is -2.09. The number of thioether (sulfide) groups is 1. The van der Waals surface area contributed by atoms with Crippen LogP contribution >= 0.6 is 24.0 Å². The molecule has 4 heteroatoms. The number of hydrogen-bond donors (Lipinski definition) is 1. The molecule has 96 valence electrons. The number of thiocarbonyl (C=S) groups is 1. The second-order valence-corrected chi connectivity index (χ2v) is 6.03. The Bertz CT molecular complexity index is 546. The number of rotatable bonds is 6. The van der Waals surface area contributed by atoms with Gasteiger partial charge in [0, 0.05) is 23.8 Å². The third-order valence-electron chi connectivity index (χ3n) is 2.95. The van der Waals surface area contributed by atoms with Crippen molar-refractivity contribution < 1.29 is 0 Å².